The standard InChI is InChI=1S/C19H21FN2O4/c1-19(2,17(23)21-13-7-5-6-12(20)10-13)18(24)22-15-11-14(25-3)8-9-16(15)26-4/h5-11H,1-4H3,(H,21,23)(H,22,24). The topological polar surface area (TPSA) is 76.7 Å². The Hall–Kier alpha value is -3.09. The molecule has 0 aliphatic carbocycles. The number of carbonyl (C=O) groups excluding carboxylic acids is 2. The maximum Gasteiger partial charge on any atom is 0.239 e. The molecule has 2 rings (SSSR count). The first-order valence-corrected chi connectivity index (χ1v) is 7.88. The molecule has 6 nitrogen and oxygen atoms in total. The quantitative estimate of drug-likeness (QED) is 0.774. The van der Waals surface area contributed by atoms with Crippen molar-refractivity contribution in [2.75, 3.05) is 24.9 Å². The molecular formula is C19H21FN2O4. The number of halogens is 1. The van der Waals surface area contributed by atoms with E-state index in [-0.39, 0.29) is 5.69 Å². The van der Waals surface area contributed by atoms with Crippen LogP contribution in [0.3, 0.4) is 0 Å². The van der Waals surface area contributed by atoms with Crippen LogP contribution >= 0.6 is 0 Å². The average Bonchev–Trinajstić information content (AvgIpc) is 2.61. The highest BCUT2D eigenvalue weighted by Gasteiger charge is 2.36. The Morgan fingerprint density at radius 2 is 1.65 bits per heavy atom. The molecule has 0 atom stereocenters. The van der Waals surface area contributed by atoms with Crippen LogP contribution in [0.2, 0.25) is 0 Å². The van der Waals surface area contributed by atoms with Gasteiger partial charge in [-0.3, -0.25) is 9.59 Å². The molecule has 0 heterocycles. The van der Waals surface area contributed by atoms with Gasteiger partial charge in [-0.25, -0.2) is 4.39 Å². The maximum absolute atomic E-state index is 13.3. The van der Waals surface area contributed by atoms with Crippen LogP contribution in [0.5, 0.6) is 11.5 Å². The number of anilines is 2. The minimum Gasteiger partial charge on any atom is -0.497 e. The zero-order chi connectivity index (χ0) is 19.3. The molecule has 2 N–H and O–H groups in total. The number of rotatable bonds is 6. The number of hydrogen-bond donors (Lipinski definition) is 2. The summed E-state index contributed by atoms with van der Waals surface area (Å²) in [5, 5.41) is 5.22. The lowest BCUT2D eigenvalue weighted by Gasteiger charge is -2.23. The summed E-state index contributed by atoms with van der Waals surface area (Å²) < 4.78 is 23.6. The zero-order valence-electron chi connectivity index (χ0n) is 15.1. The highest BCUT2D eigenvalue weighted by molar-refractivity contribution is 6.14. The number of amides is 2. The van der Waals surface area contributed by atoms with E-state index in [2.05, 4.69) is 10.6 Å². The van der Waals surface area contributed by atoms with Gasteiger partial charge in [-0.05, 0) is 44.2 Å². The number of carbonyl (C=O) groups is 2. The maximum atomic E-state index is 13.3. The van der Waals surface area contributed by atoms with Crippen LogP contribution in [0.4, 0.5) is 15.8 Å². The molecule has 138 valence electrons. The van der Waals surface area contributed by atoms with Gasteiger partial charge in [-0.15, -0.1) is 0 Å². The lowest BCUT2D eigenvalue weighted by Crippen LogP contribution is -2.41. The van der Waals surface area contributed by atoms with Crippen molar-refractivity contribution in [1.29, 1.82) is 0 Å². The van der Waals surface area contributed by atoms with Gasteiger partial charge in [0.05, 0.1) is 19.9 Å². The van der Waals surface area contributed by atoms with Crippen molar-refractivity contribution in [3.05, 3.63) is 48.3 Å². The second-order valence-corrected chi connectivity index (χ2v) is 6.11. The fourth-order valence-electron chi connectivity index (χ4n) is 2.15. The molecule has 0 aromatic heterocycles. The molecule has 0 aliphatic heterocycles. The van der Waals surface area contributed by atoms with Crippen molar-refractivity contribution in [3.63, 3.8) is 0 Å². The van der Waals surface area contributed by atoms with Gasteiger partial charge in [-0.1, -0.05) is 6.07 Å². The van der Waals surface area contributed by atoms with Gasteiger partial charge in [0, 0.05) is 11.8 Å². The molecule has 0 unspecified atom stereocenters. The van der Waals surface area contributed by atoms with E-state index in [9.17, 15) is 14.0 Å². The summed E-state index contributed by atoms with van der Waals surface area (Å²) in [7, 11) is 2.98. The van der Waals surface area contributed by atoms with Crippen molar-refractivity contribution >= 4 is 23.2 Å². The van der Waals surface area contributed by atoms with E-state index in [1.165, 1.54) is 46.3 Å². The van der Waals surface area contributed by atoms with Crippen LogP contribution in [0.15, 0.2) is 42.5 Å². The molecule has 0 aliphatic rings. The molecular weight excluding hydrogens is 339 g/mol. The Labute approximate surface area is 151 Å². The summed E-state index contributed by atoms with van der Waals surface area (Å²) in [5.41, 5.74) is -0.765. The van der Waals surface area contributed by atoms with Crippen LogP contribution < -0.4 is 20.1 Å². The van der Waals surface area contributed by atoms with Crippen molar-refractivity contribution in [2.24, 2.45) is 5.41 Å². The third-order valence-corrected chi connectivity index (χ3v) is 3.87. The van der Waals surface area contributed by atoms with E-state index in [4.69, 9.17) is 9.47 Å². The smallest absolute Gasteiger partial charge is 0.239 e. The molecule has 0 saturated heterocycles. The number of hydrogen-bond acceptors (Lipinski definition) is 4. The largest absolute Gasteiger partial charge is 0.497 e. The Balaban J connectivity index is 2.18. The normalized spacial score (nSPS) is 10.8. The molecule has 2 aromatic rings. The second-order valence-electron chi connectivity index (χ2n) is 6.11. The summed E-state index contributed by atoms with van der Waals surface area (Å²) in [6, 6.07) is 10.4. The fraction of sp³-hybridized carbons (Fsp3) is 0.263. The van der Waals surface area contributed by atoms with Crippen molar-refractivity contribution in [3.8, 4) is 11.5 Å². The molecule has 26 heavy (non-hydrogen) atoms. The highest BCUT2D eigenvalue weighted by atomic mass is 19.1. The summed E-state index contributed by atoms with van der Waals surface area (Å²) in [5.74, 6) is -0.629. The highest BCUT2D eigenvalue weighted by Crippen LogP contribution is 2.31. The van der Waals surface area contributed by atoms with E-state index in [0.717, 1.165) is 0 Å². The minimum atomic E-state index is -1.42. The van der Waals surface area contributed by atoms with Gasteiger partial charge in [0.1, 0.15) is 22.7 Å². The summed E-state index contributed by atoms with van der Waals surface area (Å²) in [6.07, 6.45) is 0. The molecule has 0 radical (unpaired) electrons. The van der Waals surface area contributed by atoms with E-state index in [0.29, 0.717) is 17.2 Å². The average molecular weight is 360 g/mol. The molecule has 0 saturated carbocycles. The Morgan fingerprint density at radius 3 is 2.27 bits per heavy atom. The molecule has 2 aromatic carbocycles. The van der Waals surface area contributed by atoms with Gasteiger partial charge in [0.15, 0.2) is 0 Å². The van der Waals surface area contributed by atoms with Gasteiger partial charge < -0.3 is 20.1 Å². The third-order valence-electron chi connectivity index (χ3n) is 3.87. The van der Waals surface area contributed by atoms with E-state index >= 15 is 0 Å². The molecule has 7 heteroatoms. The number of nitrogens with one attached hydrogen (secondary N) is 2. The Morgan fingerprint density at radius 1 is 0.962 bits per heavy atom. The van der Waals surface area contributed by atoms with E-state index in [1.54, 1.807) is 24.3 Å². The second kappa shape index (κ2) is 7.86. The van der Waals surface area contributed by atoms with Crippen LogP contribution in [0.1, 0.15) is 13.8 Å². The van der Waals surface area contributed by atoms with Crippen LogP contribution in [-0.4, -0.2) is 26.0 Å². The van der Waals surface area contributed by atoms with Crippen molar-refractivity contribution in [2.45, 2.75) is 13.8 Å². The Kier molecular flexibility index (Phi) is 5.82. The van der Waals surface area contributed by atoms with Gasteiger partial charge in [0.25, 0.3) is 0 Å². The summed E-state index contributed by atoms with van der Waals surface area (Å²) in [6.45, 7) is 2.95. The number of methoxy groups -OCH3 is 2. The first kappa shape index (κ1) is 19.2. The van der Waals surface area contributed by atoms with Crippen molar-refractivity contribution in [1.82, 2.24) is 0 Å². The lowest BCUT2D eigenvalue weighted by atomic mass is 9.90. The predicted octanol–water partition coefficient (Wildman–Crippen LogP) is 3.45. The van der Waals surface area contributed by atoms with Gasteiger partial charge in [-0.2, -0.15) is 0 Å². The number of benzene rings is 2. The zero-order valence-corrected chi connectivity index (χ0v) is 15.1. The van der Waals surface area contributed by atoms with E-state index in [1.807, 2.05) is 0 Å². The fourth-order valence-corrected chi connectivity index (χ4v) is 2.15. The minimum absolute atomic E-state index is 0.273. The SMILES string of the molecule is COc1ccc(OC)c(NC(=O)C(C)(C)C(=O)Nc2cccc(F)c2)c1. The van der Waals surface area contributed by atoms with Crippen LogP contribution in [0, 0.1) is 11.2 Å². The predicted molar refractivity (Wildman–Crippen MR) is 97.0 cm³/mol. The first-order valence-electron chi connectivity index (χ1n) is 7.88. The van der Waals surface area contributed by atoms with Crippen molar-refractivity contribution < 1.29 is 23.5 Å². The number of ether oxygens (including phenoxy) is 2. The molecule has 0 fully saturated rings. The summed E-state index contributed by atoms with van der Waals surface area (Å²) >= 11 is 0. The molecule has 0 spiro atoms. The van der Waals surface area contributed by atoms with Crippen LogP contribution in [-0.2, 0) is 9.59 Å². The molecule has 2 amide bonds. The molecule has 0 bridgehead atoms. The third kappa shape index (κ3) is 4.30. The van der Waals surface area contributed by atoms with Gasteiger partial charge in [0.2, 0.25) is 11.8 Å². The summed E-state index contributed by atoms with van der Waals surface area (Å²) in [4.78, 5) is 25.2. The Bertz CT molecular complexity index is 821. The van der Waals surface area contributed by atoms with Gasteiger partial charge >= 0.3 is 0 Å². The first-order chi connectivity index (χ1) is 12.3. The van der Waals surface area contributed by atoms with E-state index < -0.39 is 23.0 Å². The van der Waals surface area contributed by atoms with Crippen LogP contribution in [0.25, 0.3) is 0 Å². The lowest BCUT2D eigenvalue weighted by molar-refractivity contribution is -0.135. The monoisotopic (exact) mass is 360 g/mol.